The number of ether oxygens (including phenoxy) is 1. The number of benzene rings is 2. The van der Waals surface area contributed by atoms with Crippen molar-refractivity contribution in [1.29, 1.82) is 0 Å². The summed E-state index contributed by atoms with van der Waals surface area (Å²) in [6, 6.07) is 11.3. The number of thioether (sulfide) groups is 1. The van der Waals surface area contributed by atoms with Crippen molar-refractivity contribution in [2.75, 3.05) is 11.9 Å². The number of rotatable bonds is 7. The number of thiazole rings is 1. The smallest absolute Gasteiger partial charge is 0.326 e. The van der Waals surface area contributed by atoms with Gasteiger partial charge in [-0.15, -0.1) is 11.8 Å². The van der Waals surface area contributed by atoms with E-state index < -0.39 is 35.7 Å². The van der Waals surface area contributed by atoms with Gasteiger partial charge < -0.3 is 20.1 Å². The number of imide groups is 1. The lowest BCUT2D eigenvalue weighted by molar-refractivity contribution is -0.154. The van der Waals surface area contributed by atoms with E-state index in [-0.39, 0.29) is 46.3 Å². The van der Waals surface area contributed by atoms with Crippen LogP contribution in [-0.2, 0) is 19.2 Å². The van der Waals surface area contributed by atoms with Crippen molar-refractivity contribution in [3.8, 4) is 5.75 Å². The van der Waals surface area contributed by atoms with Crippen LogP contribution in [0.1, 0.15) is 35.3 Å². The van der Waals surface area contributed by atoms with E-state index in [1.807, 2.05) is 31.2 Å². The lowest BCUT2D eigenvalue weighted by Gasteiger charge is -2.43. The van der Waals surface area contributed by atoms with E-state index in [1.165, 1.54) is 18.7 Å². The van der Waals surface area contributed by atoms with Crippen LogP contribution in [-0.4, -0.2) is 56.6 Å². The number of hydrogen-bond donors (Lipinski definition) is 3. The Morgan fingerprint density at radius 3 is 2.52 bits per heavy atom. The molecule has 4 aliphatic rings. The molecule has 8 atom stereocenters. The molecule has 3 fully saturated rings. The Hall–Kier alpha value is -3.61. The van der Waals surface area contributed by atoms with E-state index >= 15 is 0 Å². The van der Waals surface area contributed by atoms with Crippen molar-refractivity contribution in [1.82, 2.24) is 9.88 Å². The van der Waals surface area contributed by atoms with E-state index in [4.69, 9.17) is 16.3 Å². The first-order chi connectivity index (χ1) is 21.0. The minimum absolute atomic E-state index is 0.0995. The maximum Gasteiger partial charge on any atom is 0.326 e. The topological polar surface area (TPSA) is 146 Å². The largest absolute Gasteiger partial charge is 0.483 e. The molecular formula is C31H28ClN3O7S2. The number of nitrogens with one attached hydrogen (secondary N) is 2. The van der Waals surface area contributed by atoms with Crippen LogP contribution >= 0.6 is 34.7 Å². The third-order valence-corrected chi connectivity index (χ3v) is 12.3. The third-order valence-electron chi connectivity index (χ3n) is 9.50. The van der Waals surface area contributed by atoms with Crippen molar-refractivity contribution < 1.29 is 29.0 Å². The molecule has 3 amide bonds. The summed E-state index contributed by atoms with van der Waals surface area (Å²) in [7, 11) is 0. The molecule has 2 aliphatic heterocycles. The predicted octanol–water partition coefficient (Wildman–Crippen LogP) is 4.36. The zero-order chi connectivity index (χ0) is 31.0. The van der Waals surface area contributed by atoms with Gasteiger partial charge in [0.2, 0.25) is 11.8 Å². The minimum Gasteiger partial charge on any atom is -0.483 e. The number of carboxylic acid groups (broad SMARTS) is 1. The minimum atomic E-state index is -1.25. The fourth-order valence-electron chi connectivity index (χ4n) is 7.75. The van der Waals surface area contributed by atoms with E-state index in [2.05, 4.69) is 10.3 Å². The molecule has 7 rings (SSSR count). The normalized spacial score (nSPS) is 28.8. The number of nitrogens with zero attached hydrogens (tertiary/aromatic N) is 1. The zero-order valence-electron chi connectivity index (χ0n) is 23.6. The van der Waals surface area contributed by atoms with Gasteiger partial charge in [-0.2, -0.15) is 0 Å². The molecule has 10 nitrogen and oxygen atoms in total. The summed E-state index contributed by atoms with van der Waals surface area (Å²) in [5, 5.41) is 13.5. The van der Waals surface area contributed by atoms with Gasteiger partial charge in [0.25, 0.3) is 5.91 Å². The number of H-pyrrole nitrogens is 1. The number of aromatic amines is 1. The average molecular weight is 654 g/mol. The van der Waals surface area contributed by atoms with Crippen LogP contribution in [0.15, 0.2) is 52.3 Å². The van der Waals surface area contributed by atoms with E-state index in [0.29, 0.717) is 33.5 Å². The highest BCUT2D eigenvalue weighted by atomic mass is 35.5. The number of aliphatic carboxylic acids is 1. The number of anilines is 1. The molecule has 1 aromatic heterocycles. The molecule has 1 saturated heterocycles. The molecule has 2 bridgehead atoms. The van der Waals surface area contributed by atoms with Crippen molar-refractivity contribution in [3.63, 3.8) is 0 Å². The highest BCUT2D eigenvalue weighted by Gasteiger charge is 2.70. The zero-order valence-corrected chi connectivity index (χ0v) is 26.0. The lowest BCUT2D eigenvalue weighted by Crippen LogP contribution is -2.44. The fraction of sp³-hybridized carbons (Fsp3) is 0.387. The van der Waals surface area contributed by atoms with Crippen molar-refractivity contribution in [2.24, 2.45) is 29.6 Å². The first kappa shape index (κ1) is 29.1. The summed E-state index contributed by atoms with van der Waals surface area (Å²) < 4.78 is 6.10. The van der Waals surface area contributed by atoms with E-state index in [1.54, 1.807) is 18.2 Å². The molecule has 3 N–H and O–H groups in total. The Morgan fingerprint density at radius 2 is 1.82 bits per heavy atom. The van der Waals surface area contributed by atoms with Gasteiger partial charge in [-0.1, -0.05) is 40.6 Å². The summed E-state index contributed by atoms with van der Waals surface area (Å²) in [6.45, 7) is 3.06. The van der Waals surface area contributed by atoms with Gasteiger partial charge in [-0.3, -0.25) is 24.1 Å². The van der Waals surface area contributed by atoms with Crippen LogP contribution in [0.25, 0.3) is 0 Å². The van der Waals surface area contributed by atoms with E-state index in [9.17, 15) is 29.1 Å². The van der Waals surface area contributed by atoms with Gasteiger partial charge in [-0.05, 0) is 68.4 Å². The number of amides is 3. The summed E-state index contributed by atoms with van der Waals surface area (Å²) in [5.41, 5.74) is 2.41. The molecule has 13 heteroatoms. The lowest BCUT2D eigenvalue weighted by atomic mass is 9.68. The number of carbonyl (C=O) groups excluding carboxylic acids is 3. The molecule has 3 aromatic rings. The number of likely N-dealkylation sites (tertiary alicyclic amines) is 1. The van der Waals surface area contributed by atoms with Crippen LogP contribution in [0.4, 0.5) is 5.69 Å². The highest BCUT2D eigenvalue weighted by Crippen LogP contribution is 2.69. The molecule has 2 saturated carbocycles. The van der Waals surface area contributed by atoms with Gasteiger partial charge >= 0.3 is 10.8 Å². The Bertz CT molecular complexity index is 1770. The molecule has 0 spiro atoms. The van der Waals surface area contributed by atoms with Gasteiger partial charge in [0.05, 0.1) is 16.9 Å². The molecule has 44 heavy (non-hydrogen) atoms. The average Bonchev–Trinajstić information content (AvgIpc) is 3.72. The molecule has 2 aliphatic carbocycles. The number of aryl methyl sites for hydroxylation is 1. The summed E-state index contributed by atoms with van der Waals surface area (Å²) in [5.74, 6) is -4.12. The second-order valence-electron chi connectivity index (χ2n) is 11.9. The molecular weight excluding hydrogens is 626 g/mol. The van der Waals surface area contributed by atoms with Crippen LogP contribution in [0, 0.1) is 36.5 Å². The van der Waals surface area contributed by atoms with Gasteiger partial charge in [0.15, 0.2) is 6.61 Å². The number of halogens is 1. The standard InChI is InChI=1S/C31H28ClN3O7S2/c1-12-3-6-15(7-4-12)33-20(36)11-42-19-8-5-14(32)9-16(19)21-22-17-10-18(25(22)43-27-26(21)44-31(41)34-27)24-23(17)28(37)35(29(24)38)13(2)30(39)40/h3-9,13,17-18,21-25H,10-11H2,1-2H3,(H,33,36)(H,34,41)(H,39,40)/t13?,17?,18?,21-,22?,23?,24?,25?/m1/s1. The molecule has 2 aromatic carbocycles. The first-order valence-corrected chi connectivity index (χ1v) is 16.4. The molecule has 0 radical (unpaired) electrons. The van der Waals surface area contributed by atoms with Crippen molar-refractivity contribution in [3.05, 3.63) is 73.2 Å². The Balaban J connectivity index is 1.23. The number of carboxylic acids is 1. The number of hydrogen-bond acceptors (Lipinski definition) is 8. The predicted molar refractivity (Wildman–Crippen MR) is 164 cm³/mol. The second-order valence-corrected chi connectivity index (χ2v) is 14.5. The highest BCUT2D eigenvalue weighted by molar-refractivity contribution is 8.00. The van der Waals surface area contributed by atoms with Crippen LogP contribution in [0.3, 0.4) is 0 Å². The maximum absolute atomic E-state index is 13.7. The van der Waals surface area contributed by atoms with Gasteiger partial charge in [0.1, 0.15) is 11.8 Å². The quantitative estimate of drug-likeness (QED) is 0.319. The van der Waals surface area contributed by atoms with Crippen molar-refractivity contribution >= 4 is 64.1 Å². The van der Waals surface area contributed by atoms with Crippen LogP contribution < -0.4 is 14.9 Å². The molecule has 228 valence electrons. The van der Waals surface area contributed by atoms with Crippen LogP contribution in [0.2, 0.25) is 5.02 Å². The van der Waals surface area contributed by atoms with Gasteiger partial charge in [-0.25, -0.2) is 4.79 Å². The first-order valence-electron chi connectivity index (χ1n) is 14.3. The summed E-state index contributed by atoms with van der Waals surface area (Å²) in [4.78, 5) is 68.9. The Morgan fingerprint density at radius 1 is 1.11 bits per heavy atom. The summed E-state index contributed by atoms with van der Waals surface area (Å²) in [6.07, 6.45) is 0.649. The van der Waals surface area contributed by atoms with Gasteiger partial charge in [0, 0.05) is 32.3 Å². The Labute approximate surface area is 265 Å². The van der Waals surface area contributed by atoms with Crippen molar-refractivity contribution in [2.45, 2.75) is 42.5 Å². The Kier molecular flexibility index (Phi) is 7.13. The maximum atomic E-state index is 13.7. The molecule has 3 heterocycles. The van der Waals surface area contributed by atoms with Crippen LogP contribution in [0.5, 0.6) is 5.75 Å². The SMILES string of the molecule is Cc1ccc(NC(=O)COc2ccc(Cl)cc2[C@H]2c3sc(=O)[nH]c3SC3C4CC(C5C(=O)N(C(C)C(=O)O)C(=O)C45)C32)cc1. The number of carbonyl (C=O) groups is 4. The number of aromatic nitrogens is 1. The third kappa shape index (κ3) is 4.57. The fourth-order valence-corrected chi connectivity index (χ4v) is 10.8. The second kappa shape index (κ2) is 10.8. The monoisotopic (exact) mass is 653 g/mol. The molecule has 7 unspecified atom stereocenters. The number of fused-ring (bicyclic) bond motifs is 9. The summed E-state index contributed by atoms with van der Waals surface area (Å²) >= 11 is 9.15. The van der Waals surface area contributed by atoms with E-state index in [0.717, 1.165) is 26.7 Å².